The Morgan fingerprint density at radius 2 is 1.71 bits per heavy atom. The lowest BCUT2D eigenvalue weighted by atomic mass is 10.2. The second-order valence-electron chi connectivity index (χ2n) is 7.22. The van der Waals surface area contributed by atoms with E-state index in [4.69, 9.17) is 14.0 Å². The van der Waals surface area contributed by atoms with E-state index in [-0.39, 0.29) is 6.10 Å². The summed E-state index contributed by atoms with van der Waals surface area (Å²) in [6.07, 6.45) is 4.89. The first-order chi connectivity index (χ1) is 13.7. The van der Waals surface area contributed by atoms with Gasteiger partial charge in [0, 0.05) is 17.3 Å². The van der Waals surface area contributed by atoms with E-state index in [0.29, 0.717) is 0 Å². The van der Waals surface area contributed by atoms with E-state index >= 15 is 0 Å². The average molecular weight is 378 g/mol. The van der Waals surface area contributed by atoms with E-state index in [1.165, 1.54) is 12.8 Å². The molecule has 0 spiro atoms. The highest BCUT2D eigenvalue weighted by molar-refractivity contribution is 5.77. The van der Waals surface area contributed by atoms with Crippen LogP contribution >= 0.6 is 0 Å². The first kappa shape index (κ1) is 18.4. The number of hydrogen-bond acceptors (Lipinski definition) is 5. The smallest absolute Gasteiger partial charge is 0.184 e. The molecule has 4 rings (SSSR count). The van der Waals surface area contributed by atoms with Crippen molar-refractivity contribution in [2.75, 3.05) is 12.0 Å². The van der Waals surface area contributed by atoms with Crippen LogP contribution in [0.5, 0.6) is 11.5 Å². The van der Waals surface area contributed by atoms with Crippen molar-refractivity contribution in [1.82, 2.24) is 5.16 Å². The highest BCUT2D eigenvalue weighted by Gasteiger charge is 2.23. The van der Waals surface area contributed by atoms with Crippen molar-refractivity contribution in [3.05, 3.63) is 59.9 Å². The summed E-state index contributed by atoms with van der Waals surface area (Å²) in [6, 6.07) is 16.2. The predicted octanol–water partition coefficient (Wildman–Crippen LogP) is 6.09. The maximum atomic E-state index is 6.30. The summed E-state index contributed by atoms with van der Waals surface area (Å²) in [4.78, 5) is 2.09. The molecule has 0 amide bonds. The summed E-state index contributed by atoms with van der Waals surface area (Å²) in [7, 11) is 1.68. The topological polar surface area (TPSA) is 47.7 Å². The van der Waals surface area contributed by atoms with Gasteiger partial charge in [0.05, 0.1) is 18.9 Å². The first-order valence-electron chi connectivity index (χ1n) is 9.80. The zero-order chi connectivity index (χ0) is 19.5. The highest BCUT2D eigenvalue weighted by Crippen LogP contribution is 2.41. The molecule has 1 fully saturated rings. The van der Waals surface area contributed by atoms with E-state index in [1.807, 2.05) is 50.2 Å². The lowest BCUT2D eigenvalue weighted by Crippen LogP contribution is -2.14. The molecule has 0 N–H and O–H groups in total. The zero-order valence-corrected chi connectivity index (χ0v) is 16.6. The number of para-hydroxylation sites is 1. The third-order valence-corrected chi connectivity index (χ3v) is 5.36. The minimum absolute atomic E-state index is 0.255. The van der Waals surface area contributed by atoms with Gasteiger partial charge in [-0.05, 0) is 63.8 Å². The number of aromatic nitrogens is 1. The van der Waals surface area contributed by atoms with Crippen LogP contribution in [0.25, 0.3) is 0 Å². The molecule has 1 saturated carbocycles. The van der Waals surface area contributed by atoms with Gasteiger partial charge >= 0.3 is 0 Å². The monoisotopic (exact) mass is 378 g/mol. The lowest BCUT2D eigenvalue weighted by molar-refractivity contribution is 0.201. The van der Waals surface area contributed by atoms with Crippen LogP contribution < -0.4 is 14.4 Å². The highest BCUT2D eigenvalue weighted by atomic mass is 16.5. The Labute approximate surface area is 165 Å². The van der Waals surface area contributed by atoms with E-state index in [0.717, 1.165) is 52.9 Å². The van der Waals surface area contributed by atoms with Gasteiger partial charge in [0.15, 0.2) is 17.3 Å². The van der Waals surface area contributed by atoms with Crippen LogP contribution in [0.4, 0.5) is 17.2 Å². The van der Waals surface area contributed by atoms with Crippen molar-refractivity contribution in [3.63, 3.8) is 0 Å². The van der Waals surface area contributed by atoms with Crippen LogP contribution in [-0.4, -0.2) is 18.4 Å². The quantitative estimate of drug-likeness (QED) is 0.519. The number of ether oxygens (including phenoxy) is 2. The van der Waals surface area contributed by atoms with Gasteiger partial charge in [-0.2, -0.15) is 0 Å². The number of nitrogens with zero attached hydrogens (tertiary/aromatic N) is 2. The van der Waals surface area contributed by atoms with Gasteiger partial charge in [-0.1, -0.05) is 23.4 Å². The van der Waals surface area contributed by atoms with Gasteiger partial charge in [-0.25, -0.2) is 0 Å². The second kappa shape index (κ2) is 7.97. The molecule has 0 saturated heterocycles. The predicted molar refractivity (Wildman–Crippen MR) is 110 cm³/mol. The summed E-state index contributed by atoms with van der Waals surface area (Å²) in [5.74, 6) is 3.11. The molecule has 0 radical (unpaired) electrons. The normalized spacial score (nSPS) is 14.2. The number of benzene rings is 2. The number of anilines is 3. The van der Waals surface area contributed by atoms with Gasteiger partial charge in [0.25, 0.3) is 0 Å². The third-order valence-electron chi connectivity index (χ3n) is 5.36. The summed E-state index contributed by atoms with van der Waals surface area (Å²) >= 11 is 0. The second-order valence-corrected chi connectivity index (χ2v) is 7.22. The fraction of sp³-hybridized carbons (Fsp3) is 0.348. The molecule has 5 nitrogen and oxygen atoms in total. The van der Waals surface area contributed by atoms with Gasteiger partial charge < -0.3 is 14.0 Å². The van der Waals surface area contributed by atoms with Crippen molar-refractivity contribution in [2.45, 2.75) is 45.6 Å². The van der Waals surface area contributed by atoms with Crippen molar-refractivity contribution in [2.24, 2.45) is 0 Å². The minimum atomic E-state index is 0.255. The fourth-order valence-electron chi connectivity index (χ4n) is 3.67. The molecule has 1 aliphatic rings. The maximum absolute atomic E-state index is 6.30. The number of hydrogen-bond donors (Lipinski definition) is 0. The molecule has 1 heterocycles. The van der Waals surface area contributed by atoms with Crippen molar-refractivity contribution in [1.29, 1.82) is 0 Å². The van der Waals surface area contributed by atoms with Crippen molar-refractivity contribution >= 4 is 17.2 Å². The average Bonchev–Trinajstić information content (AvgIpc) is 3.35. The van der Waals surface area contributed by atoms with Crippen molar-refractivity contribution in [3.8, 4) is 11.5 Å². The van der Waals surface area contributed by atoms with Crippen LogP contribution in [0.1, 0.15) is 37.0 Å². The lowest BCUT2D eigenvalue weighted by Gasteiger charge is -2.25. The Bertz CT molecular complexity index is 930. The Balaban J connectivity index is 1.78. The van der Waals surface area contributed by atoms with Gasteiger partial charge in [-0.3, -0.25) is 4.90 Å². The molecule has 1 aromatic heterocycles. The molecule has 28 heavy (non-hydrogen) atoms. The van der Waals surface area contributed by atoms with Crippen molar-refractivity contribution < 1.29 is 14.0 Å². The number of rotatable bonds is 6. The molecular weight excluding hydrogens is 352 g/mol. The Morgan fingerprint density at radius 1 is 0.964 bits per heavy atom. The standard InChI is InChI=1S/C23H26N2O3/c1-16-17(2)28-24-23(16)25(18-9-5-4-6-10-18)19-13-14-21(26-3)22(15-19)27-20-11-7-8-12-20/h4-6,9-10,13-15,20H,7-8,11-12H2,1-3H3. The Morgan fingerprint density at radius 3 is 2.36 bits per heavy atom. The Hall–Kier alpha value is -2.95. The molecule has 3 aromatic rings. The van der Waals surface area contributed by atoms with Crippen LogP contribution in [-0.2, 0) is 0 Å². The van der Waals surface area contributed by atoms with Crippen LogP contribution in [0, 0.1) is 13.8 Å². The molecular formula is C23H26N2O3. The maximum Gasteiger partial charge on any atom is 0.184 e. The van der Waals surface area contributed by atoms with Crippen LogP contribution in [0.15, 0.2) is 53.1 Å². The molecule has 146 valence electrons. The minimum Gasteiger partial charge on any atom is -0.493 e. The summed E-state index contributed by atoms with van der Waals surface area (Å²) < 4.78 is 17.3. The first-order valence-corrected chi connectivity index (χ1v) is 9.80. The number of methoxy groups -OCH3 is 1. The SMILES string of the molecule is COc1ccc(N(c2ccccc2)c2noc(C)c2C)cc1OC1CCCC1. The van der Waals surface area contributed by atoms with E-state index in [2.05, 4.69) is 22.2 Å². The van der Waals surface area contributed by atoms with Crippen LogP contribution in [0.2, 0.25) is 0 Å². The van der Waals surface area contributed by atoms with Gasteiger partial charge in [0.2, 0.25) is 0 Å². The molecule has 0 unspecified atom stereocenters. The fourth-order valence-corrected chi connectivity index (χ4v) is 3.67. The molecule has 1 aliphatic carbocycles. The van der Waals surface area contributed by atoms with Crippen LogP contribution in [0.3, 0.4) is 0 Å². The van der Waals surface area contributed by atoms with Gasteiger partial charge in [0.1, 0.15) is 5.76 Å². The molecule has 2 aromatic carbocycles. The molecule has 0 bridgehead atoms. The molecule has 0 aliphatic heterocycles. The summed E-state index contributed by atoms with van der Waals surface area (Å²) in [5.41, 5.74) is 2.98. The molecule has 5 heteroatoms. The molecule has 0 atom stereocenters. The zero-order valence-electron chi connectivity index (χ0n) is 16.6. The number of aryl methyl sites for hydroxylation is 1. The Kier molecular flexibility index (Phi) is 5.24. The van der Waals surface area contributed by atoms with E-state index in [9.17, 15) is 0 Å². The third kappa shape index (κ3) is 3.57. The summed E-state index contributed by atoms with van der Waals surface area (Å²) in [6.45, 7) is 3.95. The van der Waals surface area contributed by atoms with Gasteiger partial charge in [-0.15, -0.1) is 0 Å². The van der Waals surface area contributed by atoms with E-state index < -0.39 is 0 Å². The largest absolute Gasteiger partial charge is 0.493 e. The van der Waals surface area contributed by atoms with E-state index in [1.54, 1.807) is 7.11 Å². The summed E-state index contributed by atoms with van der Waals surface area (Å²) in [5, 5.41) is 4.32.